The fourth-order valence-electron chi connectivity index (χ4n) is 4.10. The van der Waals surface area contributed by atoms with Crippen molar-refractivity contribution in [3.05, 3.63) is 18.2 Å². The van der Waals surface area contributed by atoms with Crippen molar-refractivity contribution in [2.45, 2.75) is 35.7 Å². The van der Waals surface area contributed by atoms with Gasteiger partial charge in [0.2, 0.25) is 17.7 Å². The van der Waals surface area contributed by atoms with Crippen LogP contribution in [0, 0.1) is 17.2 Å². The van der Waals surface area contributed by atoms with Crippen LogP contribution in [0.2, 0.25) is 0 Å². The first kappa shape index (κ1) is 29.5. The molecule has 0 radical (unpaired) electrons. The zero-order chi connectivity index (χ0) is 28.1. The van der Waals surface area contributed by atoms with E-state index in [1.165, 1.54) is 4.90 Å². The van der Waals surface area contributed by atoms with Crippen LogP contribution in [0.25, 0.3) is 0 Å². The maximum absolute atomic E-state index is 13.2. The maximum Gasteiger partial charge on any atom is 0.405 e. The van der Waals surface area contributed by atoms with Crippen LogP contribution in [0.4, 0.5) is 24.8 Å². The molecule has 1 saturated carbocycles. The molecule has 4 atom stereocenters. The minimum atomic E-state index is -4.62. The van der Waals surface area contributed by atoms with Crippen LogP contribution in [0.15, 0.2) is 18.2 Å². The van der Waals surface area contributed by atoms with Crippen molar-refractivity contribution >= 4 is 41.1 Å². The van der Waals surface area contributed by atoms with Gasteiger partial charge in [-0.1, -0.05) is 6.07 Å². The molecule has 1 aliphatic carbocycles. The number of ether oxygens (including phenoxy) is 1. The predicted octanol–water partition coefficient (Wildman–Crippen LogP) is 1.26. The van der Waals surface area contributed by atoms with Crippen LogP contribution in [-0.2, 0) is 19.1 Å². The minimum absolute atomic E-state index is 0.143. The predicted molar refractivity (Wildman–Crippen MR) is 134 cm³/mol. The third-order valence-corrected chi connectivity index (χ3v) is 7.93. The third-order valence-electron chi connectivity index (χ3n) is 6.11. The van der Waals surface area contributed by atoms with E-state index in [-0.39, 0.29) is 30.9 Å². The zero-order valence-corrected chi connectivity index (χ0v) is 22.0. The molecule has 3 amide bonds. The quantitative estimate of drug-likeness (QED) is 0.347. The molecule has 0 aromatic carbocycles. The number of hydrogen-bond acceptors (Lipinski definition) is 9. The fourth-order valence-corrected chi connectivity index (χ4v) is 5.93. The Morgan fingerprint density at radius 3 is 2.74 bits per heavy atom. The smallest absolute Gasteiger partial charge is 0.383 e. The molecule has 38 heavy (non-hydrogen) atoms. The summed E-state index contributed by atoms with van der Waals surface area (Å²) in [4.78, 5) is 45.4. The first-order valence-electron chi connectivity index (χ1n) is 11.9. The van der Waals surface area contributed by atoms with Gasteiger partial charge in [0, 0.05) is 20.2 Å². The average molecular weight is 558 g/mol. The fraction of sp³-hybridized carbons (Fsp3) is 0.609. The molecule has 2 aliphatic rings. The first-order valence-corrected chi connectivity index (χ1v) is 12.8. The van der Waals surface area contributed by atoms with Crippen LogP contribution in [-0.4, -0.2) is 102 Å². The highest BCUT2D eigenvalue weighted by atomic mass is 32.2. The van der Waals surface area contributed by atoms with Crippen LogP contribution in [0.3, 0.4) is 0 Å². The number of hydrogen-bond donors (Lipinski definition) is 3. The molecule has 1 saturated heterocycles. The molecule has 2 fully saturated rings. The lowest BCUT2D eigenvalue weighted by molar-refractivity contribution is -0.141. The van der Waals surface area contributed by atoms with E-state index >= 15 is 0 Å². The van der Waals surface area contributed by atoms with E-state index in [9.17, 15) is 32.8 Å². The van der Waals surface area contributed by atoms with E-state index in [0.717, 1.165) is 11.8 Å². The molecule has 3 rings (SSSR count). The molecular weight excluding hydrogens is 527 g/mol. The summed E-state index contributed by atoms with van der Waals surface area (Å²) in [5.74, 6) is -2.36. The van der Waals surface area contributed by atoms with Gasteiger partial charge in [0.05, 0.1) is 25.3 Å². The van der Waals surface area contributed by atoms with Crippen molar-refractivity contribution in [1.29, 1.82) is 5.26 Å². The lowest BCUT2D eigenvalue weighted by Crippen LogP contribution is -2.46. The Labute approximate surface area is 222 Å². The van der Waals surface area contributed by atoms with Gasteiger partial charge in [-0.3, -0.25) is 19.3 Å². The van der Waals surface area contributed by atoms with Gasteiger partial charge in [-0.05, 0) is 32.5 Å². The van der Waals surface area contributed by atoms with Crippen LogP contribution in [0.5, 0.6) is 0 Å². The average Bonchev–Trinajstić information content (AvgIpc) is 3.46. The Balaban J connectivity index is 1.64. The van der Waals surface area contributed by atoms with E-state index in [1.807, 2.05) is 0 Å². The molecule has 1 spiro atoms. The number of amides is 3. The van der Waals surface area contributed by atoms with Crippen molar-refractivity contribution in [2.24, 2.45) is 5.92 Å². The highest BCUT2D eigenvalue weighted by Crippen LogP contribution is 2.59. The van der Waals surface area contributed by atoms with E-state index in [1.54, 1.807) is 55.6 Å². The molecule has 11 nitrogen and oxygen atoms in total. The monoisotopic (exact) mass is 557 g/mol. The van der Waals surface area contributed by atoms with E-state index in [2.05, 4.69) is 15.6 Å². The van der Waals surface area contributed by atoms with Crippen molar-refractivity contribution in [3.8, 4) is 6.07 Å². The Hall–Kier alpha value is -3.09. The molecule has 1 aliphatic heterocycles. The van der Waals surface area contributed by atoms with E-state index < -0.39 is 34.7 Å². The van der Waals surface area contributed by atoms with Crippen molar-refractivity contribution in [2.75, 3.05) is 57.6 Å². The van der Waals surface area contributed by atoms with Gasteiger partial charge in [0.15, 0.2) is 5.92 Å². The number of halogens is 3. The SMILES string of the molecule is CCN1C(=O)C2(CC2Nc2cccc(NC(=O)CN(C)CCOC)n2)SC1C(C#N)C(=O)NCC(F)(F)F. The second-order valence-corrected chi connectivity index (χ2v) is 10.5. The summed E-state index contributed by atoms with van der Waals surface area (Å²) < 4.78 is 41.7. The molecule has 2 heterocycles. The lowest BCUT2D eigenvalue weighted by atomic mass is 10.1. The number of thioether (sulfide) groups is 1. The Morgan fingerprint density at radius 2 is 2.11 bits per heavy atom. The van der Waals surface area contributed by atoms with Gasteiger partial charge in [-0.2, -0.15) is 18.4 Å². The van der Waals surface area contributed by atoms with Gasteiger partial charge in [0.25, 0.3) is 0 Å². The summed E-state index contributed by atoms with van der Waals surface area (Å²) in [7, 11) is 3.37. The normalized spacial score (nSPS) is 23.3. The molecule has 4 unspecified atom stereocenters. The van der Waals surface area contributed by atoms with Gasteiger partial charge < -0.3 is 25.6 Å². The van der Waals surface area contributed by atoms with Crippen molar-refractivity contribution in [3.63, 3.8) is 0 Å². The third kappa shape index (κ3) is 7.06. The number of anilines is 2. The van der Waals surface area contributed by atoms with Crippen molar-refractivity contribution < 1.29 is 32.3 Å². The summed E-state index contributed by atoms with van der Waals surface area (Å²) in [5.41, 5.74) is 0. The molecule has 208 valence electrons. The number of carbonyl (C=O) groups excluding carboxylic acids is 3. The van der Waals surface area contributed by atoms with Crippen LogP contribution in [0.1, 0.15) is 13.3 Å². The molecule has 3 N–H and O–H groups in total. The van der Waals surface area contributed by atoms with Gasteiger partial charge in [0.1, 0.15) is 28.3 Å². The van der Waals surface area contributed by atoms with Gasteiger partial charge >= 0.3 is 6.18 Å². The number of methoxy groups -OCH3 is 1. The molecule has 0 bridgehead atoms. The van der Waals surface area contributed by atoms with E-state index in [0.29, 0.717) is 31.2 Å². The second-order valence-electron chi connectivity index (χ2n) is 9.02. The number of pyridine rings is 1. The van der Waals surface area contributed by atoms with Crippen LogP contribution >= 0.6 is 11.8 Å². The lowest BCUT2D eigenvalue weighted by Gasteiger charge is -2.25. The van der Waals surface area contributed by atoms with E-state index in [4.69, 9.17) is 4.74 Å². The Bertz CT molecular complexity index is 1090. The second kappa shape index (κ2) is 12.2. The maximum atomic E-state index is 13.2. The number of rotatable bonds is 12. The highest BCUT2D eigenvalue weighted by molar-refractivity contribution is 8.02. The molecule has 15 heteroatoms. The summed E-state index contributed by atoms with van der Waals surface area (Å²) in [5, 5.41) is 16.3. The van der Waals surface area contributed by atoms with Crippen LogP contribution < -0.4 is 16.0 Å². The summed E-state index contributed by atoms with van der Waals surface area (Å²) in [6.07, 6.45) is -4.24. The molecular formula is C23H30F3N7O4S. The summed E-state index contributed by atoms with van der Waals surface area (Å²) in [6.45, 7) is 1.53. The molecule has 1 aromatic rings. The largest absolute Gasteiger partial charge is 0.405 e. The number of aromatic nitrogens is 1. The topological polar surface area (TPSA) is 140 Å². The Morgan fingerprint density at radius 1 is 1.39 bits per heavy atom. The standard InChI is InChI=1S/C23H30F3N7O4S/c1-4-33-20(14(11-27)19(35)28-13-23(24,25)26)38-22(21(33)36)10-15(22)29-16-6-5-7-17(30-16)31-18(34)12-32(2)8-9-37-3/h5-7,14-15,20H,4,8-10,12-13H2,1-3H3,(H,28,35)(H2,29,30,31,34). The zero-order valence-electron chi connectivity index (χ0n) is 21.2. The number of nitrogens with one attached hydrogen (secondary N) is 3. The number of likely N-dealkylation sites (N-methyl/N-ethyl adjacent to an activating group) is 1. The number of carbonyl (C=O) groups is 3. The Kier molecular flexibility index (Phi) is 9.45. The number of nitriles is 1. The summed E-state index contributed by atoms with van der Waals surface area (Å²) >= 11 is 1.11. The molecule has 1 aromatic heterocycles. The van der Waals surface area contributed by atoms with Gasteiger partial charge in [-0.15, -0.1) is 11.8 Å². The van der Waals surface area contributed by atoms with Crippen molar-refractivity contribution in [1.82, 2.24) is 20.1 Å². The van der Waals surface area contributed by atoms with Gasteiger partial charge in [-0.25, -0.2) is 4.98 Å². The first-order chi connectivity index (χ1) is 17.9. The summed E-state index contributed by atoms with van der Waals surface area (Å²) in [6, 6.07) is 6.38. The number of nitrogens with zero attached hydrogens (tertiary/aromatic N) is 4. The highest BCUT2D eigenvalue weighted by Gasteiger charge is 2.69. The number of alkyl halides is 3. The minimum Gasteiger partial charge on any atom is -0.383 e.